The van der Waals surface area contributed by atoms with Crippen LogP contribution in [0.15, 0.2) is 48.5 Å². The third kappa shape index (κ3) is 1.55. The van der Waals surface area contributed by atoms with Crippen LogP contribution < -0.4 is 5.73 Å². The molecule has 21 heavy (non-hydrogen) atoms. The number of aryl methyl sites for hydroxylation is 2. The summed E-state index contributed by atoms with van der Waals surface area (Å²) in [5.74, 6) is 0. The molecule has 2 atom stereocenters. The maximum atomic E-state index is 11.7. The molecule has 2 aromatic carbocycles. The van der Waals surface area contributed by atoms with Gasteiger partial charge in [0, 0.05) is 12.0 Å². The van der Waals surface area contributed by atoms with E-state index >= 15 is 0 Å². The minimum Gasteiger partial charge on any atom is -0.384 e. The van der Waals surface area contributed by atoms with E-state index in [2.05, 4.69) is 42.5 Å². The molecule has 0 saturated heterocycles. The largest absolute Gasteiger partial charge is 0.384 e. The molecule has 4 rings (SSSR count). The van der Waals surface area contributed by atoms with Gasteiger partial charge in [-0.3, -0.25) is 0 Å². The van der Waals surface area contributed by atoms with Gasteiger partial charge >= 0.3 is 0 Å². The lowest BCUT2D eigenvalue weighted by molar-refractivity contribution is -0.0416. The van der Waals surface area contributed by atoms with Crippen molar-refractivity contribution < 1.29 is 5.11 Å². The van der Waals surface area contributed by atoms with Crippen LogP contribution in [-0.4, -0.2) is 11.7 Å². The fourth-order valence-corrected chi connectivity index (χ4v) is 4.59. The Hall–Kier alpha value is -1.64. The van der Waals surface area contributed by atoms with Gasteiger partial charge in [-0.15, -0.1) is 0 Å². The second-order valence-electron chi connectivity index (χ2n) is 6.46. The van der Waals surface area contributed by atoms with Crippen molar-refractivity contribution in [1.82, 2.24) is 0 Å². The Morgan fingerprint density at radius 3 is 2.14 bits per heavy atom. The van der Waals surface area contributed by atoms with E-state index < -0.39 is 5.60 Å². The first-order valence-corrected chi connectivity index (χ1v) is 7.80. The van der Waals surface area contributed by atoms with E-state index in [0.717, 1.165) is 31.2 Å². The monoisotopic (exact) mass is 279 g/mol. The molecule has 0 aliphatic heterocycles. The van der Waals surface area contributed by atoms with Crippen LogP contribution >= 0.6 is 0 Å². The molecule has 2 aromatic rings. The predicted molar refractivity (Wildman–Crippen MR) is 84.2 cm³/mol. The summed E-state index contributed by atoms with van der Waals surface area (Å²) in [4.78, 5) is 0. The number of nitrogens with two attached hydrogens (primary N) is 1. The lowest BCUT2D eigenvalue weighted by atomic mass is 9.65. The van der Waals surface area contributed by atoms with Gasteiger partial charge in [-0.2, -0.15) is 0 Å². The van der Waals surface area contributed by atoms with Crippen LogP contribution in [0.1, 0.15) is 35.1 Å². The highest BCUT2D eigenvalue weighted by atomic mass is 16.3. The molecule has 0 spiro atoms. The average Bonchev–Trinajstić information content (AvgIpc) is 3.08. The smallest absolute Gasteiger partial charge is 0.101 e. The Bertz CT molecular complexity index is 695. The SMILES string of the molecule is NCC1(C2(O)CCc3ccccc32)CCc2ccccc21. The average molecular weight is 279 g/mol. The maximum Gasteiger partial charge on any atom is 0.101 e. The van der Waals surface area contributed by atoms with E-state index in [-0.39, 0.29) is 5.41 Å². The highest BCUT2D eigenvalue weighted by Crippen LogP contribution is 2.55. The summed E-state index contributed by atoms with van der Waals surface area (Å²) in [5.41, 5.74) is 10.0. The first-order chi connectivity index (χ1) is 10.2. The van der Waals surface area contributed by atoms with E-state index in [9.17, 15) is 5.11 Å². The lowest BCUT2D eigenvalue weighted by Gasteiger charge is -2.44. The Morgan fingerprint density at radius 2 is 1.43 bits per heavy atom. The van der Waals surface area contributed by atoms with Crippen molar-refractivity contribution in [3.05, 3.63) is 70.8 Å². The van der Waals surface area contributed by atoms with Crippen molar-refractivity contribution >= 4 is 0 Å². The molecule has 0 fully saturated rings. The van der Waals surface area contributed by atoms with Gasteiger partial charge in [0.1, 0.15) is 5.60 Å². The normalized spacial score (nSPS) is 30.2. The van der Waals surface area contributed by atoms with Gasteiger partial charge in [0.15, 0.2) is 0 Å². The Balaban J connectivity index is 1.93. The van der Waals surface area contributed by atoms with Gasteiger partial charge < -0.3 is 10.8 Å². The first-order valence-electron chi connectivity index (χ1n) is 7.80. The third-order valence-electron chi connectivity index (χ3n) is 5.71. The van der Waals surface area contributed by atoms with E-state index in [1.54, 1.807) is 0 Å². The molecule has 0 amide bonds. The molecule has 0 bridgehead atoms. The molecule has 0 radical (unpaired) electrons. The molecule has 2 unspecified atom stereocenters. The molecule has 2 heteroatoms. The zero-order chi connectivity index (χ0) is 14.5. The molecular weight excluding hydrogens is 258 g/mol. The quantitative estimate of drug-likeness (QED) is 0.888. The molecule has 0 heterocycles. The number of aliphatic hydroxyl groups is 1. The Morgan fingerprint density at radius 1 is 0.857 bits per heavy atom. The summed E-state index contributed by atoms with van der Waals surface area (Å²) in [5, 5.41) is 11.7. The molecule has 0 saturated carbocycles. The van der Waals surface area contributed by atoms with Crippen molar-refractivity contribution in [1.29, 1.82) is 0 Å². The van der Waals surface area contributed by atoms with Gasteiger partial charge in [-0.05, 0) is 47.9 Å². The number of fused-ring (bicyclic) bond motifs is 2. The van der Waals surface area contributed by atoms with Crippen molar-refractivity contribution in [3.63, 3.8) is 0 Å². The molecule has 2 nitrogen and oxygen atoms in total. The molecule has 0 aromatic heterocycles. The number of benzene rings is 2. The van der Waals surface area contributed by atoms with E-state index in [1.807, 2.05) is 6.07 Å². The summed E-state index contributed by atoms with van der Waals surface area (Å²) < 4.78 is 0. The van der Waals surface area contributed by atoms with E-state index in [1.165, 1.54) is 16.7 Å². The van der Waals surface area contributed by atoms with Crippen molar-refractivity contribution in [3.8, 4) is 0 Å². The molecule has 2 aliphatic carbocycles. The highest BCUT2D eigenvalue weighted by Gasteiger charge is 2.56. The second-order valence-corrected chi connectivity index (χ2v) is 6.46. The number of hydrogen-bond donors (Lipinski definition) is 2. The summed E-state index contributed by atoms with van der Waals surface area (Å²) in [6, 6.07) is 16.8. The van der Waals surface area contributed by atoms with Crippen LogP contribution in [0.3, 0.4) is 0 Å². The zero-order valence-electron chi connectivity index (χ0n) is 12.2. The van der Waals surface area contributed by atoms with Gasteiger partial charge in [-0.25, -0.2) is 0 Å². The summed E-state index contributed by atoms with van der Waals surface area (Å²) >= 11 is 0. The van der Waals surface area contributed by atoms with Crippen LogP contribution in [0, 0.1) is 0 Å². The summed E-state index contributed by atoms with van der Waals surface area (Å²) in [6.07, 6.45) is 3.67. The van der Waals surface area contributed by atoms with Gasteiger partial charge in [0.05, 0.1) is 0 Å². The fourth-order valence-electron chi connectivity index (χ4n) is 4.59. The van der Waals surface area contributed by atoms with Gasteiger partial charge in [-0.1, -0.05) is 48.5 Å². The lowest BCUT2D eigenvalue weighted by Crippen LogP contribution is -2.51. The molecule has 108 valence electrons. The minimum absolute atomic E-state index is 0.337. The van der Waals surface area contributed by atoms with E-state index in [4.69, 9.17) is 5.73 Å². The molecular formula is C19H21NO. The van der Waals surface area contributed by atoms with Crippen molar-refractivity contribution in [2.24, 2.45) is 5.73 Å². The molecule has 3 N–H and O–H groups in total. The highest BCUT2D eigenvalue weighted by molar-refractivity contribution is 5.49. The van der Waals surface area contributed by atoms with Crippen LogP contribution in [0.25, 0.3) is 0 Å². The Kier molecular flexibility index (Phi) is 2.75. The van der Waals surface area contributed by atoms with E-state index in [0.29, 0.717) is 6.54 Å². The van der Waals surface area contributed by atoms with Gasteiger partial charge in [0.2, 0.25) is 0 Å². The minimum atomic E-state index is -0.828. The second kappa shape index (κ2) is 4.43. The van der Waals surface area contributed by atoms with Crippen LogP contribution in [0.2, 0.25) is 0 Å². The van der Waals surface area contributed by atoms with Crippen LogP contribution in [-0.2, 0) is 23.9 Å². The van der Waals surface area contributed by atoms with Gasteiger partial charge in [0.25, 0.3) is 0 Å². The molecule has 2 aliphatic rings. The summed E-state index contributed by atoms with van der Waals surface area (Å²) in [7, 11) is 0. The zero-order valence-corrected chi connectivity index (χ0v) is 12.2. The number of hydrogen-bond acceptors (Lipinski definition) is 2. The fraction of sp³-hybridized carbons (Fsp3) is 0.368. The third-order valence-corrected chi connectivity index (χ3v) is 5.71. The Labute approximate surface area is 125 Å². The van der Waals surface area contributed by atoms with Crippen molar-refractivity contribution in [2.45, 2.75) is 36.7 Å². The predicted octanol–water partition coefficient (Wildman–Crippen LogP) is 2.66. The summed E-state index contributed by atoms with van der Waals surface area (Å²) in [6.45, 7) is 0.495. The number of rotatable bonds is 2. The first kappa shape index (κ1) is 13.1. The van der Waals surface area contributed by atoms with Crippen LogP contribution in [0.4, 0.5) is 0 Å². The van der Waals surface area contributed by atoms with Crippen LogP contribution in [0.5, 0.6) is 0 Å². The topological polar surface area (TPSA) is 46.2 Å². The maximum absolute atomic E-state index is 11.7. The van der Waals surface area contributed by atoms with Crippen molar-refractivity contribution in [2.75, 3.05) is 6.54 Å². The standard InChI is InChI=1S/C19H21NO/c20-13-18(11-9-14-5-1-3-7-16(14)18)19(21)12-10-15-6-2-4-8-17(15)19/h1-8,21H,9-13,20H2.